The Balaban J connectivity index is 1.30. The number of amides is 2. The van der Waals surface area contributed by atoms with Crippen LogP contribution in [0.4, 0.5) is 0 Å². The molecule has 2 amide bonds. The normalized spacial score (nSPS) is 18.3. The van der Waals surface area contributed by atoms with Gasteiger partial charge in [-0.25, -0.2) is 9.78 Å². The minimum atomic E-state index is -1.27. The number of nitrogens with one attached hydrogen (secondary N) is 2. The van der Waals surface area contributed by atoms with Gasteiger partial charge in [0, 0.05) is 39.3 Å². The third kappa shape index (κ3) is 5.81. The SMILES string of the molecule is O=C(Cc1cnc[nH]1)N[C@@H]1C(=O)N2C(C(=O)O)=C(COc3cc(Cl)ccc3Oc3ccc(Cl)cc3Cl)CS[C@H]12. The third-order valence-corrected chi connectivity index (χ3v) is 8.00. The standard InChI is InChI=1S/C25H19Cl3N4O6S/c26-13-1-3-17(16(28)5-13)38-18-4-2-14(27)6-19(18)37-9-12-10-39-24-21(23(34)32(24)22(12)25(35)36)31-20(33)7-15-8-29-11-30-15/h1-6,8,11,21,24H,7,9-10H2,(H,29,30)(H,31,33)(H,35,36)/t21-,24-/m1/s1. The third-order valence-electron chi connectivity index (χ3n) is 5.89. The molecule has 2 atom stereocenters. The van der Waals surface area contributed by atoms with Gasteiger partial charge in [-0.3, -0.25) is 14.5 Å². The Kier molecular flexibility index (Phi) is 7.94. The number of aromatic nitrogens is 2. The molecule has 3 N–H and O–H groups in total. The summed E-state index contributed by atoms with van der Waals surface area (Å²) in [6.45, 7) is -0.146. The van der Waals surface area contributed by atoms with Gasteiger partial charge in [0.1, 0.15) is 29.5 Å². The van der Waals surface area contributed by atoms with Gasteiger partial charge in [0.25, 0.3) is 5.91 Å². The lowest BCUT2D eigenvalue weighted by Gasteiger charge is -2.49. The highest BCUT2D eigenvalue weighted by molar-refractivity contribution is 8.00. The van der Waals surface area contributed by atoms with E-state index in [4.69, 9.17) is 44.3 Å². The molecule has 202 valence electrons. The molecule has 0 unspecified atom stereocenters. The number of benzene rings is 2. The molecule has 0 radical (unpaired) electrons. The molecule has 3 aromatic rings. The molecular formula is C25H19Cl3N4O6S. The Hall–Kier alpha value is -3.38. The Morgan fingerprint density at radius 3 is 2.56 bits per heavy atom. The van der Waals surface area contributed by atoms with Gasteiger partial charge in [0.2, 0.25) is 5.91 Å². The number of aromatic amines is 1. The van der Waals surface area contributed by atoms with Crippen LogP contribution in [0.25, 0.3) is 0 Å². The van der Waals surface area contributed by atoms with Crippen molar-refractivity contribution in [2.45, 2.75) is 17.8 Å². The van der Waals surface area contributed by atoms with Crippen molar-refractivity contribution in [1.29, 1.82) is 0 Å². The number of H-pyrrole nitrogens is 1. The number of carbonyl (C=O) groups is 3. The summed E-state index contributed by atoms with van der Waals surface area (Å²) < 4.78 is 11.8. The van der Waals surface area contributed by atoms with Gasteiger partial charge in [-0.15, -0.1) is 11.8 Å². The van der Waals surface area contributed by atoms with Crippen molar-refractivity contribution >= 4 is 64.3 Å². The molecule has 14 heteroatoms. The summed E-state index contributed by atoms with van der Waals surface area (Å²) in [7, 11) is 0. The predicted octanol–water partition coefficient (Wildman–Crippen LogP) is 4.52. The molecule has 3 heterocycles. The first-order chi connectivity index (χ1) is 18.7. The number of fused-ring (bicyclic) bond motifs is 1. The van der Waals surface area contributed by atoms with Gasteiger partial charge in [-0.1, -0.05) is 34.8 Å². The molecule has 0 spiro atoms. The van der Waals surface area contributed by atoms with Gasteiger partial charge in [-0.2, -0.15) is 0 Å². The lowest BCUT2D eigenvalue weighted by molar-refractivity contribution is -0.150. The van der Waals surface area contributed by atoms with Crippen molar-refractivity contribution in [2.75, 3.05) is 12.4 Å². The monoisotopic (exact) mass is 608 g/mol. The fourth-order valence-electron chi connectivity index (χ4n) is 4.09. The largest absolute Gasteiger partial charge is 0.485 e. The average molecular weight is 610 g/mol. The van der Waals surface area contributed by atoms with E-state index in [0.29, 0.717) is 32.8 Å². The number of carboxylic acid groups (broad SMARTS) is 1. The van der Waals surface area contributed by atoms with E-state index < -0.39 is 23.3 Å². The van der Waals surface area contributed by atoms with Crippen molar-refractivity contribution in [3.05, 3.63) is 81.0 Å². The molecule has 2 aromatic carbocycles. The van der Waals surface area contributed by atoms with E-state index >= 15 is 0 Å². The summed E-state index contributed by atoms with van der Waals surface area (Å²) in [5.74, 6) is -1.01. The van der Waals surface area contributed by atoms with Crippen LogP contribution in [0.1, 0.15) is 5.69 Å². The highest BCUT2D eigenvalue weighted by Gasteiger charge is 2.54. The number of hydrogen-bond acceptors (Lipinski definition) is 7. The summed E-state index contributed by atoms with van der Waals surface area (Å²) in [6.07, 6.45) is 2.99. The molecule has 5 rings (SSSR count). The van der Waals surface area contributed by atoms with Crippen LogP contribution < -0.4 is 14.8 Å². The zero-order chi connectivity index (χ0) is 27.7. The second-order valence-electron chi connectivity index (χ2n) is 8.52. The molecule has 2 aliphatic rings. The van der Waals surface area contributed by atoms with Crippen molar-refractivity contribution in [1.82, 2.24) is 20.2 Å². The summed E-state index contributed by atoms with van der Waals surface area (Å²) in [5, 5.41) is 13.2. The van der Waals surface area contributed by atoms with Crippen molar-refractivity contribution in [3.8, 4) is 17.2 Å². The number of β-lactam (4-membered cyclic amide) rings is 1. The number of carbonyl (C=O) groups excluding carboxylic acids is 2. The van der Waals surface area contributed by atoms with Crippen molar-refractivity contribution in [3.63, 3.8) is 0 Å². The van der Waals surface area contributed by atoms with Gasteiger partial charge < -0.3 is 24.9 Å². The molecule has 0 saturated carbocycles. The number of ether oxygens (including phenoxy) is 2. The van der Waals surface area contributed by atoms with Gasteiger partial charge in [0.05, 0.1) is 17.8 Å². The quantitative estimate of drug-likeness (QED) is 0.302. The fraction of sp³-hybridized carbons (Fsp3) is 0.200. The minimum Gasteiger partial charge on any atom is -0.485 e. The van der Waals surface area contributed by atoms with Crippen LogP contribution in [0, 0.1) is 0 Å². The molecule has 2 aliphatic heterocycles. The van der Waals surface area contributed by atoms with Crippen LogP contribution in [0.2, 0.25) is 15.1 Å². The zero-order valence-corrected chi connectivity index (χ0v) is 22.9. The summed E-state index contributed by atoms with van der Waals surface area (Å²) in [5.41, 5.74) is 0.809. The van der Waals surface area contributed by atoms with E-state index in [1.54, 1.807) is 24.3 Å². The maximum Gasteiger partial charge on any atom is 0.352 e. The summed E-state index contributed by atoms with van der Waals surface area (Å²) >= 11 is 19.7. The van der Waals surface area contributed by atoms with Gasteiger partial charge in [-0.05, 0) is 30.3 Å². The number of aliphatic carboxylic acids is 1. The second-order valence-corrected chi connectivity index (χ2v) is 10.9. The highest BCUT2D eigenvalue weighted by Crippen LogP contribution is 2.42. The number of rotatable bonds is 9. The van der Waals surface area contributed by atoms with Gasteiger partial charge in [0.15, 0.2) is 11.5 Å². The van der Waals surface area contributed by atoms with Crippen LogP contribution in [-0.2, 0) is 20.8 Å². The Labute approximate surface area is 241 Å². The Bertz CT molecular complexity index is 1480. The first-order valence-corrected chi connectivity index (χ1v) is 13.6. The van der Waals surface area contributed by atoms with Crippen LogP contribution in [0.5, 0.6) is 17.2 Å². The molecule has 1 fully saturated rings. The zero-order valence-electron chi connectivity index (χ0n) is 19.8. The molecule has 0 bridgehead atoms. The lowest BCUT2D eigenvalue weighted by atomic mass is 10.0. The topological polar surface area (TPSA) is 134 Å². The Morgan fingerprint density at radius 2 is 1.87 bits per heavy atom. The highest BCUT2D eigenvalue weighted by atomic mass is 35.5. The number of hydrogen-bond donors (Lipinski definition) is 3. The van der Waals surface area contributed by atoms with Crippen LogP contribution in [-0.4, -0.2) is 61.5 Å². The maximum absolute atomic E-state index is 12.9. The van der Waals surface area contributed by atoms with Crippen LogP contribution in [0.3, 0.4) is 0 Å². The van der Waals surface area contributed by atoms with E-state index in [0.717, 1.165) is 0 Å². The number of nitrogens with zero attached hydrogens (tertiary/aromatic N) is 2. The maximum atomic E-state index is 12.9. The first kappa shape index (κ1) is 27.2. The molecule has 1 aromatic heterocycles. The van der Waals surface area contributed by atoms with E-state index in [1.807, 2.05) is 0 Å². The first-order valence-electron chi connectivity index (χ1n) is 11.4. The average Bonchev–Trinajstić information content (AvgIpc) is 3.41. The molecular weight excluding hydrogens is 591 g/mol. The molecule has 10 nitrogen and oxygen atoms in total. The van der Waals surface area contributed by atoms with E-state index in [2.05, 4.69) is 15.3 Å². The van der Waals surface area contributed by atoms with Crippen LogP contribution in [0.15, 0.2) is 60.2 Å². The van der Waals surface area contributed by atoms with E-state index in [1.165, 1.54) is 41.3 Å². The number of carboxylic acids is 1. The minimum absolute atomic E-state index is 0.0210. The Morgan fingerprint density at radius 1 is 1.13 bits per heavy atom. The van der Waals surface area contributed by atoms with Crippen molar-refractivity contribution < 1.29 is 29.0 Å². The number of thioether (sulfide) groups is 1. The lowest BCUT2D eigenvalue weighted by Crippen LogP contribution is -2.70. The summed E-state index contributed by atoms with van der Waals surface area (Å²) in [6, 6.07) is 8.65. The molecule has 1 saturated heterocycles. The van der Waals surface area contributed by atoms with E-state index in [-0.39, 0.29) is 41.2 Å². The summed E-state index contributed by atoms with van der Waals surface area (Å²) in [4.78, 5) is 45.3. The number of halogens is 3. The number of imidazole rings is 1. The smallest absolute Gasteiger partial charge is 0.352 e. The van der Waals surface area contributed by atoms with E-state index in [9.17, 15) is 19.5 Å². The second kappa shape index (κ2) is 11.4. The molecule has 39 heavy (non-hydrogen) atoms. The van der Waals surface area contributed by atoms with Gasteiger partial charge >= 0.3 is 5.97 Å². The van der Waals surface area contributed by atoms with Crippen LogP contribution >= 0.6 is 46.6 Å². The van der Waals surface area contributed by atoms with Crippen molar-refractivity contribution in [2.24, 2.45) is 0 Å². The predicted molar refractivity (Wildman–Crippen MR) is 145 cm³/mol. The molecule has 0 aliphatic carbocycles. The fourth-order valence-corrected chi connectivity index (χ4v) is 6.03.